The van der Waals surface area contributed by atoms with Crippen LogP contribution in [0.1, 0.15) is 5.82 Å². The van der Waals surface area contributed by atoms with Crippen molar-refractivity contribution in [1.29, 1.82) is 0 Å². The minimum absolute atomic E-state index is 0.301. The van der Waals surface area contributed by atoms with Gasteiger partial charge in [0.25, 0.3) is 0 Å². The van der Waals surface area contributed by atoms with Gasteiger partial charge in [0.15, 0.2) is 0 Å². The lowest BCUT2D eigenvalue weighted by Gasteiger charge is -2.09. The predicted molar refractivity (Wildman–Crippen MR) is 37.7 cm³/mol. The monoisotopic (exact) mass is 158 g/mol. The molecule has 0 saturated carbocycles. The number of aromatic amines is 2. The number of hydrogen-bond acceptors (Lipinski definition) is 4. The average Bonchev–Trinajstić information content (AvgIpc) is 2.35. The van der Waals surface area contributed by atoms with E-state index in [4.69, 9.17) is 4.84 Å². The van der Waals surface area contributed by atoms with Crippen molar-refractivity contribution in [3.63, 3.8) is 0 Å². The lowest BCUT2D eigenvalue weighted by atomic mass is 10.6. The zero-order chi connectivity index (χ0) is 8.27. The molecule has 0 aliphatic heterocycles. The highest BCUT2D eigenvalue weighted by molar-refractivity contribution is 4.77. The second-order valence-corrected chi connectivity index (χ2v) is 2.09. The van der Waals surface area contributed by atoms with Gasteiger partial charge in [0.05, 0.1) is 13.7 Å². The molecule has 2 N–H and O–H groups in total. The fraction of sp³-hybridized carbons (Fsp3) is 0.600. The number of aromatic nitrogens is 3. The molecule has 11 heavy (non-hydrogen) atoms. The first kappa shape index (κ1) is 7.96. The fourth-order valence-corrected chi connectivity index (χ4v) is 0.656. The predicted octanol–water partition coefficient (Wildman–Crippen LogP) is -0.909. The summed E-state index contributed by atoms with van der Waals surface area (Å²) in [5, 5.41) is 7.49. The van der Waals surface area contributed by atoms with E-state index in [9.17, 15) is 4.79 Å². The van der Waals surface area contributed by atoms with Crippen LogP contribution in [-0.4, -0.2) is 34.4 Å². The quantitative estimate of drug-likeness (QED) is 0.558. The SMILES string of the molecule is CON(C)Cc1n[nH]c(=O)[nH]1. The Balaban J connectivity index is 2.57. The molecule has 1 rings (SSSR count). The highest BCUT2D eigenvalue weighted by Crippen LogP contribution is 1.90. The summed E-state index contributed by atoms with van der Waals surface area (Å²) in [4.78, 5) is 17.8. The van der Waals surface area contributed by atoms with Crippen molar-refractivity contribution >= 4 is 0 Å². The molecular formula is C5H10N4O2. The molecule has 0 unspecified atom stereocenters. The van der Waals surface area contributed by atoms with E-state index >= 15 is 0 Å². The normalized spacial score (nSPS) is 10.8. The Labute approximate surface area is 63.1 Å². The van der Waals surface area contributed by atoms with E-state index in [2.05, 4.69) is 15.2 Å². The van der Waals surface area contributed by atoms with Crippen LogP contribution in [0.3, 0.4) is 0 Å². The van der Waals surface area contributed by atoms with Crippen LogP contribution in [0.4, 0.5) is 0 Å². The van der Waals surface area contributed by atoms with Crippen LogP contribution in [0.5, 0.6) is 0 Å². The number of nitrogens with one attached hydrogen (secondary N) is 2. The highest BCUT2D eigenvalue weighted by Gasteiger charge is 2.00. The third-order valence-electron chi connectivity index (χ3n) is 1.23. The molecular weight excluding hydrogens is 148 g/mol. The fourth-order valence-electron chi connectivity index (χ4n) is 0.656. The number of hydrogen-bond donors (Lipinski definition) is 2. The Bertz CT molecular complexity index is 265. The van der Waals surface area contributed by atoms with Crippen molar-refractivity contribution in [2.24, 2.45) is 0 Å². The molecule has 0 fully saturated rings. The van der Waals surface area contributed by atoms with Crippen LogP contribution in [0.2, 0.25) is 0 Å². The minimum atomic E-state index is -0.301. The molecule has 0 aliphatic rings. The smallest absolute Gasteiger partial charge is 0.302 e. The van der Waals surface area contributed by atoms with Crippen molar-refractivity contribution in [3.8, 4) is 0 Å². The molecule has 0 saturated heterocycles. The summed E-state index contributed by atoms with van der Waals surface area (Å²) >= 11 is 0. The van der Waals surface area contributed by atoms with E-state index in [-0.39, 0.29) is 5.69 Å². The van der Waals surface area contributed by atoms with Gasteiger partial charge < -0.3 is 4.84 Å². The molecule has 6 heteroatoms. The van der Waals surface area contributed by atoms with Crippen molar-refractivity contribution in [2.75, 3.05) is 14.2 Å². The maximum absolute atomic E-state index is 10.5. The molecule has 0 aliphatic carbocycles. The summed E-state index contributed by atoms with van der Waals surface area (Å²) in [6.07, 6.45) is 0. The van der Waals surface area contributed by atoms with Gasteiger partial charge in [-0.3, -0.25) is 4.98 Å². The zero-order valence-corrected chi connectivity index (χ0v) is 6.42. The first-order valence-corrected chi connectivity index (χ1v) is 3.11. The molecule has 1 aromatic rings. The third-order valence-corrected chi connectivity index (χ3v) is 1.23. The van der Waals surface area contributed by atoms with Gasteiger partial charge in [0.1, 0.15) is 5.82 Å². The van der Waals surface area contributed by atoms with E-state index in [0.717, 1.165) is 0 Å². The summed E-state index contributed by atoms with van der Waals surface area (Å²) in [6.45, 7) is 0.454. The molecule has 0 amide bonds. The standard InChI is InChI=1S/C5H10N4O2/c1-9(11-2)3-4-6-5(10)8-7-4/h3H2,1-2H3,(H2,6,7,8,10). The third kappa shape index (κ3) is 2.17. The Morgan fingerprint density at radius 1 is 1.73 bits per heavy atom. The Morgan fingerprint density at radius 3 is 2.91 bits per heavy atom. The Hall–Kier alpha value is -1.14. The van der Waals surface area contributed by atoms with Crippen LogP contribution in [0.15, 0.2) is 4.79 Å². The second-order valence-electron chi connectivity index (χ2n) is 2.09. The summed E-state index contributed by atoms with van der Waals surface area (Å²) in [7, 11) is 3.29. The summed E-state index contributed by atoms with van der Waals surface area (Å²) < 4.78 is 0. The summed E-state index contributed by atoms with van der Waals surface area (Å²) in [5.41, 5.74) is -0.301. The van der Waals surface area contributed by atoms with E-state index in [1.165, 1.54) is 0 Å². The Morgan fingerprint density at radius 2 is 2.45 bits per heavy atom. The molecule has 0 bridgehead atoms. The maximum atomic E-state index is 10.5. The van der Waals surface area contributed by atoms with Gasteiger partial charge in [-0.15, -0.1) is 0 Å². The van der Waals surface area contributed by atoms with Crippen molar-refractivity contribution in [3.05, 3.63) is 16.3 Å². The maximum Gasteiger partial charge on any atom is 0.340 e. The average molecular weight is 158 g/mol. The molecule has 62 valence electrons. The molecule has 6 nitrogen and oxygen atoms in total. The molecule has 1 heterocycles. The Kier molecular flexibility index (Phi) is 2.40. The molecule has 0 radical (unpaired) electrons. The lowest BCUT2D eigenvalue weighted by molar-refractivity contribution is -0.118. The molecule has 0 spiro atoms. The van der Waals surface area contributed by atoms with E-state index in [1.807, 2.05) is 0 Å². The van der Waals surface area contributed by atoms with Gasteiger partial charge >= 0.3 is 5.69 Å². The van der Waals surface area contributed by atoms with Crippen LogP contribution in [0, 0.1) is 0 Å². The zero-order valence-electron chi connectivity index (χ0n) is 6.42. The topological polar surface area (TPSA) is 74.0 Å². The first-order chi connectivity index (χ1) is 5.22. The van der Waals surface area contributed by atoms with Crippen LogP contribution in [0.25, 0.3) is 0 Å². The van der Waals surface area contributed by atoms with Gasteiger partial charge in [-0.1, -0.05) is 0 Å². The first-order valence-electron chi connectivity index (χ1n) is 3.11. The lowest BCUT2D eigenvalue weighted by Crippen LogP contribution is -2.17. The van der Waals surface area contributed by atoms with Crippen molar-refractivity contribution < 1.29 is 4.84 Å². The highest BCUT2D eigenvalue weighted by atomic mass is 16.7. The van der Waals surface area contributed by atoms with Gasteiger partial charge in [0, 0.05) is 7.05 Å². The van der Waals surface area contributed by atoms with Crippen LogP contribution < -0.4 is 5.69 Å². The molecule has 1 aromatic heterocycles. The van der Waals surface area contributed by atoms with Gasteiger partial charge in [-0.25, -0.2) is 9.89 Å². The van der Waals surface area contributed by atoms with E-state index in [1.54, 1.807) is 19.2 Å². The summed E-state index contributed by atoms with van der Waals surface area (Å²) in [6, 6.07) is 0. The molecule has 0 aromatic carbocycles. The van der Waals surface area contributed by atoms with Gasteiger partial charge in [-0.05, 0) is 0 Å². The van der Waals surface area contributed by atoms with Gasteiger partial charge in [-0.2, -0.15) is 10.2 Å². The largest absolute Gasteiger partial charge is 0.340 e. The number of rotatable bonds is 3. The van der Waals surface area contributed by atoms with Crippen LogP contribution in [-0.2, 0) is 11.4 Å². The second kappa shape index (κ2) is 3.31. The van der Waals surface area contributed by atoms with E-state index < -0.39 is 0 Å². The molecule has 0 atom stereocenters. The minimum Gasteiger partial charge on any atom is -0.302 e. The van der Waals surface area contributed by atoms with Crippen molar-refractivity contribution in [1.82, 2.24) is 20.2 Å². The van der Waals surface area contributed by atoms with Crippen LogP contribution >= 0.6 is 0 Å². The van der Waals surface area contributed by atoms with Gasteiger partial charge in [0.2, 0.25) is 0 Å². The summed E-state index contributed by atoms with van der Waals surface area (Å²) in [5.74, 6) is 0.555. The van der Waals surface area contributed by atoms with Crippen molar-refractivity contribution in [2.45, 2.75) is 6.54 Å². The van der Waals surface area contributed by atoms with E-state index in [0.29, 0.717) is 12.4 Å². The number of H-pyrrole nitrogens is 2. The number of nitrogens with zero attached hydrogens (tertiary/aromatic N) is 2. The number of hydroxylamine groups is 2.